The summed E-state index contributed by atoms with van der Waals surface area (Å²) in [6.07, 6.45) is 0. The average molecular weight is 336 g/mol. The molecule has 2 rings (SSSR count). The molecule has 0 aliphatic carbocycles. The molecule has 20 heavy (non-hydrogen) atoms. The van der Waals surface area contributed by atoms with Gasteiger partial charge in [-0.25, -0.2) is 4.79 Å². The van der Waals surface area contributed by atoms with E-state index in [-0.39, 0.29) is 5.56 Å². The van der Waals surface area contributed by atoms with Crippen LogP contribution in [0.25, 0.3) is 0 Å². The van der Waals surface area contributed by atoms with Gasteiger partial charge in [-0.1, -0.05) is 40.2 Å². The van der Waals surface area contributed by atoms with Crippen molar-refractivity contribution in [1.82, 2.24) is 0 Å². The highest BCUT2D eigenvalue weighted by molar-refractivity contribution is 9.10. The maximum atomic E-state index is 11.7. The summed E-state index contributed by atoms with van der Waals surface area (Å²) in [7, 11) is 1.31. The lowest BCUT2D eigenvalue weighted by Gasteiger charge is -2.12. The highest BCUT2D eigenvalue weighted by Crippen LogP contribution is 2.27. The molecule has 0 aliphatic heterocycles. The Bertz CT molecular complexity index is 628. The molecule has 0 bridgehead atoms. The average Bonchev–Trinajstić information content (AvgIpc) is 2.46. The fraction of sp³-hybridized carbons (Fsp3) is 0.133. The molecule has 0 unspecified atom stereocenters. The van der Waals surface area contributed by atoms with Gasteiger partial charge in [0.2, 0.25) is 0 Å². The predicted octanol–water partition coefficient (Wildman–Crippen LogP) is 3.40. The molecule has 0 amide bonds. The van der Waals surface area contributed by atoms with Gasteiger partial charge in [-0.15, -0.1) is 0 Å². The zero-order chi connectivity index (χ0) is 14.5. The zero-order valence-corrected chi connectivity index (χ0v) is 12.5. The van der Waals surface area contributed by atoms with Gasteiger partial charge in [-0.05, 0) is 18.2 Å². The van der Waals surface area contributed by atoms with Crippen LogP contribution >= 0.6 is 15.9 Å². The van der Waals surface area contributed by atoms with Crippen LogP contribution in [0.15, 0.2) is 46.9 Å². The third kappa shape index (κ3) is 3.11. The molecule has 0 saturated carbocycles. The van der Waals surface area contributed by atoms with Crippen molar-refractivity contribution in [3.8, 4) is 5.75 Å². The minimum Gasteiger partial charge on any atom is -0.488 e. The molecule has 0 radical (unpaired) electrons. The molecule has 0 aromatic heterocycles. The summed E-state index contributed by atoms with van der Waals surface area (Å²) in [5, 5.41) is 0. The van der Waals surface area contributed by atoms with E-state index < -0.39 is 5.97 Å². The van der Waals surface area contributed by atoms with Crippen molar-refractivity contribution in [3.63, 3.8) is 0 Å². The fourth-order valence-electron chi connectivity index (χ4n) is 1.76. The van der Waals surface area contributed by atoms with Crippen LogP contribution < -0.4 is 10.5 Å². The molecule has 0 heterocycles. The second kappa shape index (κ2) is 6.43. The predicted molar refractivity (Wildman–Crippen MR) is 80.7 cm³/mol. The maximum Gasteiger partial charge on any atom is 0.343 e. The summed E-state index contributed by atoms with van der Waals surface area (Å²) < 4.78 is 11.4. The van der Waals surface area contributed by atoms with Crippen LogP contribution in [-0.4, -0.2) is 13.1 Å². The van der Waals surface area contributed by atoms with Crippen molar-refractivity contribution in [2.45, 2.75) is 6.61 Å². The quantitative estimate of drug-likeness (QED) is 0.687. The number of benzene rings is 2. The number of halogens is 1. The molecule has 0 spiro atoms. The van der Waals surface area contributed by atoms with Crippen molar-refractivity contribution in [3.05, 3.63) is 58.1 Å². The van der Waals surface area contributed by atoms with Crippen LogP contribution in [-0.2, 0) is 11.3 Å². The van der Waals surface area contributed by atoms with Crippen molar-refractivity contribution < 1.29 is 14.3 Å². The number of anilines is 1. The fourth-order valence-corrected chi connectivity index (χ4v) is 2.16. The minimum absolute atomic E-state index is 0.252. The van der Waals surface area contributed by atoms with Crippen LogP contribution in [0.4, 0.5) is 5.69 Å². The van der Waals surface area contributed by atoms with Crippen LogP contribution in [0.2, 0.25) is 0 Å². The Morgan fingerprint density at radius 1 is 1.20 bits per heavy atom. The van der Waals surface area contributed by atoms with Gasteiger partial charge in [0.1, 0.15) is 17.9 Å². The topological polar surface area (TPSA) is 61.5 Å². The highest BCUT2D eigenvalue weighted by Gasteiger charge is 2.16. The number of methoxy groups -OCH3 is 1. The first-order valence-corrected chi connectivity index (χ1v) is 6.75. The normalized spacial score (nSPS) is 10.1. The molecule has 0 saturated heterocycles. The number of hydrogen-bond acceptors (Lipinski definition) is 4. The van der Waals surface area contributed by atoms with Crippen LogP contribution in [0.5, 0.6) is 5.75 Å². The summed E-state index contributed by atoms with van der Waals surface area (Å²) in [6.45, 7) is 0.328. The molecular weight excluding hydrogens is 322 g/mol. The van der Waals surface area contributed by atoms with Gasteiger partial charge in [0.15, 0.2) is 0 Å². The number of carbonyl (C=O) groups excluding carboxylic acids is 1. The Labute approximate surface area is 125 Å². The molecular formula is C15H14BrNO3. The number of esters is 1. The van der Waals surface area contributed by atoms with Gasteiger partial charge < -0.3 is 15.2 Å². The van der Waals surface area contributed by atoms with Crippen molar-refractivity contribution >= 4 is 27.6 Å². The van der Waals surface area contributed by atoms with Crippen LogP contribution in [0, 0.1) is 0 Å². The van der Waals surface area contributed by atoms with Gasteiger partial charge in [0.25, 0.3) is 0 Å². The molecule has 104 valence electrons. The van der Waals surface area contributed by atoms with Gasteiger partial charge >= 0.3 is 5.97 Å². The number of rotatable bonds is 4. The van der Waals surface area contributed by atoms with Crippen molar-refractivity contribution in [2.75, 3.05) is 12.8 Å². The number of nitrogens with two attached hydrogens (primary N) is 1. The molecule has 0 atom stereocenters. The summed E-state index contributed by atoms with van der Waals surface area (Å²) in [4.78, 5) is 11.7. The Morgan fingerprint density at radius 2 is 1.95 bits per heavy atom. The molecule has 5 heteroatoms. The zero-order valence-electron chi connectivity index (χ0n) is 10.9. The van der Waals surface area contributed by atoms with Crippen LogP contribution in [0.3, 0.4) is 0 Å². The summed E-state index contributed by atoms with van der Waals surface area (Å²) >= 11 is 3.45. The molecule has 0 aliphatic rings. The lowest BCUT2D eigenvalue weighted by Crippen LogP contribution is -2.09. The molecule has 2 aromatic rings. The standard InChI is InChI=1S/C15H14BrNO3/c1-19-15(18)14-12(17)7-4-8-13(14)20-9-10-5-2-3-6-11(10)16/h2-8H,9,17H2,1H3. The smallest absolute Gasteiger partial charge is 0.343 e. The van der Waals surface area contributed by atoms with E-state index in [1.54, 1.807) is 18.2 Å². The van der Waals surface area contributed by atoms with Gasteiger partial charge in [0, 0.05) is 15.7 Å². The number of carbonyl (C=O) groups is 1. The SMILES string of the molecule is COC(=O)c1c(N)cccc1OCc1ccccc1Br. The van der Waals surface area contributed by atoms with Gasteiger partial charge in [-0.3, -0.25) is 0 Å². The summed E-state index contributed by atoms with van der Waals surface area (Å²) in [5.41, 5.74) is 7.37. The van der Waals surface area contributed by atoms with Crippen LogP contribution in [0.1, 0.15) is 15.9 Å². The van der Waals surface area contributed by atoms with E-state index in [9.17, 15) is 4.79 Å². The van der Waals surface area contributed by atoms with E-state index in [2.05, 4.69) is 15.9 Å². The number of nitrogen functional groups attached to an aromatic ring is 1. The van der Waals surface area contributed by atoms with E-state index in [0.717, 1.165) is 10.0 Å². The number of ether oxygens (including phenoxy) is 2. The Hall–Kier alpha value is -2.01. The maximum absolute atomic E-state index is 11.7. The molecule has 4 nitrogen and oxygen atoms in total. The Balaban J connectivity index is 2.24. The van der Waals surface area contributed by atoms with E-state index in [4.69, 9.17) is 15.2 Å². The van der Waals surface area contributed by atoms with Gasteiger partial charge in [-0.2, -0.15) is 0 Å². The largest absolute Gasteiger partial charge is 0.488 e. The third-order valence-electron chi connectivity index (χ3n) is 2.79. The highest BCUT2D eigenvalue weighted by atomic mass is 79.9. The van der Waals surface area contributed by atoms with E-state index in [1.807, 2.05) is 24.3 Å². The number of hydrogen-bond donors (Lipinski definition) is 1. The third-order valence-corrected chi connectivity index (χ3v) is 3.56. The second-order valence-electron chi connectivity index (χ2n) is 4.09. The first-order valence-electron chi connectivity index (χ1n) is 5.96. The monoisotopic (exact) mass is 335 g/mol. The van der Waals surface area contributed by atoms with Crippen molar-refractivity contribution in [2.24, 2.45) is 0 Å². The van der Waals surface area contributed by atoms with E-state index in [0.29, 0.717) is 18.0 Å². The lowest BCUT2D eigenvalue weighted by molar-refractivity contribution is 0.0597. The van der Waals surface area contributed by atoms with Crippen molar-refractivity contribution in [1.29, 1.82) is 0 Å². The molecule has 2 aromatic carbocycles. The van der Waals surface area contributed by atoms with E-state index >= 15 is 0 Å². The lowest BCUT2D eigenvalue weighted by atomic mass is 10.1. The van der Waals surface area contributed by atoms with Gasteiger partial charge in [0.05, 0.1) is 7.11 Å². The summed E-state index contributed by atoms with van der Waals surface area (Å²) in [6, 6.07) is 12.8. The Morgan fingerprint density at radius 3 is 2.65 bits per heavy atom. The summed E-state index contributed by atoms with van der Waals surface area (Å²) in [5.74, 6) is -0.0992. The molecule has 0 fully saturated rings. The minimum atomic E-state index is -0.509. The second-order valence-corrected chi connectivity index (χ2v) is 4.95. The first-order chi connectivity index (χ1) is 9.63. The first kappa shape index (κ1) is 14.4. The van der Waals surface area contributed by atoms with E-state index in [1.165, 1.54) is 7.11 Å². The molecule has 2 N–H and O–H groups in total. The Kier molecular flexibility index (Phi) is 4.63.